The third-order valence-electron chi connectivity index (χ3n) is 3.50. The third kappa shape index (κ3) is 1.87. The van der Waals surface area contributed by atoms with Gasteiger partial charge in [-0.1, -0.05) is 18.2 Å². The molecule has 3 nitrogen and oxygen atoms in total. The lowest BCUT2D eigenvalue weighted by Crippen LogP contribution is -1.92. The number of aromatic hydroxyl groups is 1. The van der Waals surface area contributed by atoms with E-state index in [0.717, 1.165) is 28.0 Å². The smallest absolute Gasteiger partial charge is 0.140 e. The van der Waals surface area contributed by atoms with Gasteiger partial charge in [-0.05, 0) is 43.2 Å². The molecular weight excluding hydrogens is 236 g/mol. The predicted octanol–water partition coefficient (Wildman–Crippen LogP) is 3.56. The minimum Gasteiger partial charge on any atom is -0.508 e. The van der Waals surface area contributed by atoms with E-state index in [0.29, 0.717) is 5.75 Å². The molecule has 3 aromatic rings. The SMILES string of the molecule is Cc1ccc2c(c1)nc(-c1ccc(C)c(O)c1)n2C. The van der Waals surface area contributed by atoms with Crippen LogP contribution < -0.4 is 0 Å². The largest absolute Gasteiger partial charge is 0.508 e. The van der Waals surface area contributed by atoms with Crippen LogP contribution >= 0.6 is 0 Å². The van der Waals surface area contributed by atoms with Gasteiger partial charge in [0, 0.05) is 12.6 Å². The minimum absolute atomic E-state index is 0.306. The first-order chi connectivity index (χ1) is 9.06. The molecule has 3 rings (SSSR count). The first-order valence-electron chi connectivity index (χ1n) is 6.29. The lowest BCUT2D eigenvalue weighted by atomic mass is 10.1. The molecular formula is C16H16N2O. The van der Waals surface area contributed by atoms with Gasteiger partial charge in [0.05, 0.1) is 11.0 Å². The van der Waals surface area contributed by atoms with Crippen molar-refractivity contribution in [2.24, 2.45) is 7.05 Å². The van der Waals surface area contributed by atoms with Gasteiger partial charge in [-0.25, -0.2) is 4.98 Å². The van der Waals surface area contributed by atoms with Crippen molar-refractivity contribution in [2.45, 2.75) is 13.8 Å². The average Bonchev–Trinajstić information content (AvgIpc) is 2.70. The summed E-state index contributed by atoms with van der Waals surface area (Å²) in [6.45, 7) is 3.95. The fourth-order valence-electron chi connectivity index (χ4n) is 2.32. The summed E-state index contributed by atoms with van der Waals surface area (Å²) in [7, 11) is 2.00. The predicted molar refractivity (Wildman–Crippen MR) is 77.3 cm³/mol. The Morgan fingerprint density at radius 2 is 1.84 bits per heavy atom. The monoisotopic (exact) mass is 252 g/mol. The highest BCUT2D eigenvalue weighted by Gasteiger charge is 2.10. The summed E-state index contributed by atoms with van der Waals surface area (Å²) in [5, 5.41) is 9.83. The molecule has 1 N–H and O–H groups in total. The fourth-order valence-corrected chi connectivity index (χ4v) is 2.32. The molecule has 2 aromatic carbocycles. The Kier molecular flexibility index (Phi) is 2.56. The van der Waals surface area contributed by atoms with E-state index in [1.54, 1.807) is 6.07 Å². The maximum Gasteiger partial charge on any atom is 0.140 e. The van der Waals surface area contributed by atoms with Gasteiger partial charge >= 0.3 is 0 Å². The Bertz CT molecular complexity index is 772. The number of phenols is 1. The van der Waals surface area contributed by atoms with Crippen molar-refractivity contribution in [3.05, 3.63) is 47.5 Å². The molecule has 19 heavy (non-hydrogen) atoms. The van der Waals surface area contributed by atoms with Crippen molar-refractivity contribution in [1.29, 1.82) is 0 Å². The van der Waals surface area contributed by atoms with E-state index in [1.165, 1.54) is 5.56 Å². The number of aromatic nitrogens is 2. The summed E-state index contributed by atoms with van der Waals surface area (Å²) in [5.74, 6) is 1.18. The Balaban J connectivity index is 2.24. The second-order valence-corrected chi connectivity index (χ2v) is 4.99. The number of rotatable bonds is 1. The highest BCUT2D eigenvalue weighted by molar-refractivity contribution is 5.81. The van der Waals surface area contributed by atoms with Crippen LogP contribution in [0.1, 0.15) is 11.1 Å². The Morgan fingerprint density at radius 3 is 2.58 bits per heavy atom. The fraction of sp³-hybridized carbons (Fsp3) is 0.188. The van der Waals surface area contributed by atoms with Crippen LogP contribution in [0, 0.1) is 13.8 Å². The summed E-state index contributed by atoms with van der Waals surface area (Å²) in [6, 6.07) is 11.9. The molecule has 0 amide bonds. The van der Waals surface area contributed by atoms with Crippen molar-refractivity contribution < 1.29 is 5.11 Å². The van der Waals surface area contributed by atoms with E-state index in [-0.39, 0.29) is 0 Å². The standard InChI is InChI=1S/C16H16N2O/c1-10-4-7-14-13(8-10)17-16(18(14)3)12-6-5-11(2)15(19)9-12/h4-9,19H,1-3H3. The lowest BCUT2D eigenvalue weighted by molar-refractivity contribution is 0.471. The number of benzene rings is 2. The first kappa shape index (κ1) is 11.8. The van der Waals surface area contributed by atoms with Crippen LogP contribution in [0.3, 0.4) is 0 Å². The minimum atomic E-state index is 0.306. The van der Waals surface area contributed by atoms with Crippen LogP contribution in [-0.4, -0.2) is 14.7 Å². The van der Waals surface area contributed by atoms with E-state index in [9.17, 15) is 5.11 Å². The molecule has 0 saturated heterocycles. The molecule has 0 atom stereocenters. The molecule has 0 aliphatic heterocycles. The van der Waals surface area contributed by atoms with Crippen molar-refractivity contribution >= 4 is 11.0 Å². The maximum atomic E-state index is 9.83. The number of hydrogen-bond acceptors (Lipinski definition) is 2. The van der Waals surface area contributed by atoms with Gasteiger partial charge in [0.2, 0.25) is 0 Å². The molecule has 1 heterocycles. The zero-order chi connectivity index (χ0) is 13.6. The zero-order valence-electron chi connectivity index (χ0n) is 11.3. The van der Waals surface area contributed by atoms with Crippen LogP contribution in [0.5, 0.6) is 5.75 Å². The van der Waals surface area contributed by atoms with Gasteiger partial charge in [-0.15, -0.1) is 0 Å². The molecule has 0 radical (unpaired) electrons. The maximum absolute atomic E-state index is 9.83. The number of phenolic OH excluding ortho intramolecular Hbond substituents is 1. The zero-order valence-corrected chi connectivity index (χ0v) is 11.3. The summed E-state index contributed by atoms with van der Waals surface area (Å²) in [6.07, 6.45) is 0. The summed E-state index contributed by atoms with van der Waals surface area (Å²) in [4.78, 5) is 4.67. The third-order valence-corrected chi connectivity index (χ3v) is 3.50. The number of imidazole rings is 1. The molecule has 0 bridgehead atoms. The van der Waals surface area contributed by atoms with E-state index < -0.39 is 0 Å². The second kappa shape index (κ2) is 4.12. The van der Waals surface area contributed by atoms with Crippen LogP contribution in [-0.2, 0) is 7.05 Å². The molecule has 0 spiro atoms. The molecule has 96 valence electrons. The Morgan fingerprint density at radius 1 is 1.05 bits per heavy atom. The van der Waals surface area contributed by atoms with Crippen molar-refractivity contribution in [3.8, 4) is 17.1 Å². The molecule has 3 heteroatoms. The van der Waals surface area contributed by atoms with Gasteiger partial charge in [-0.2, -0.15) is 0 Å². The molecule has 0 unspecified atom stereocenters. The quantitative estimate of drug-likeness (QED) is 0.719. The Labute approximate surface area is 112 Å². The van der Waals surface area contributed by atoms with Crippen molar-refractivity contribution in [3.63, 3.8) is 0 Å². The number of nitrogens with zero attached hydrogens (tertiary/aromatic N) is 2. The number of hydrogen-bond donors (Lipinski definition) is 1. The Hall–Kier alpha value is -2.29. The van der Waals surface area contributed by atoms with E-state index in [4.69, 9.17) is 0 Å². The molecule has 0 aliphatic rings. The van der Waals surface area contributed by atoms with Gasteiger partial charge in [0.25, 0.3) is 0 Å². The summed E-state index contributed by atoms with van der Waals surface area (Å²) >= 11 is 0. The highest BCUT2D eigenvalue weighted by Crippen LogP contribution is 2.28. The van der Waals surface area contributed by atoms with Gasteiger partial charge in [0.1, 0.15) is 11.6 Å². The molecule has 1 aromatic heterocycles. The van der Waals surface area contributed by atoms with Gasteiger partial charge in [0.15, 0.2) is 0 Å². The lowest BCUT2D eigenvalue weighted by Gasteiger charge is -2.04. The highest BCUT2D eigenvalue weighted by atomic mass is 16.3. The molecule has 0 fully saturated rings. The van der Waals surface area contributed by atoms with E-state index in [1.807, 2.05) is 26.1 Å². The topological polar surface area (TPSA) is 38.1 Å². The van der Waals surface area contributed by atoms with Crippen molar-refractivity contribution in [2.75, 3.05) is 0 Å². The van der Waals surface area contributed by atoms with Crippen molar-refractivity contribution in [1.82, 2.24) is 9.55 Å². The van der Waals surface area contributed by atoms with E-state index in [2.05, 4.69) is 34.7 Å². The summed E-state index contributed by atoms with van der Waals surface area (Å²) in [5.41, 5.74) is 5.08. The van der Waals surface area contributed by atoms with Crippen LogP contribution in [0.25, 0.3) is 22.4 Å². The number of fused-ring (bicyclic) bond motifs is 1. The van der Waals surface area contributed by atoms with Gasteiger partial charge < -0.3 is 9.67 Å². The van der Waals surface area contributed by atoms with Gasteiger partial charge in [-0.3, -0.25) is 0 Å². The van der Waals surface area contributed by atoms with Crippen LogP contribution in [0.2, 0.25) is 0 Å². The number of aryl methyl sites for hydroxylation is 3. The normalized spacial score (nSPS) is 11.1. The molecule has 0 saturated carbocycles. The first-order valence-corrected chi connectivity index (χ1v) is 6.29. The molecule has 0 aliphatic carbocycles. The van der Waals surface area contributed by atoms with Crippen LogP contribution in [0.4, 0.5) is 0 Å². The summed E-state index contributed by atoms with van der Waals surface area (Å²) < 4.78 is 2.05. The van der Waals surface area contributed by atoms with E-state index >= 15 is 0 Å². The van der Waals surface area contributed by atoms with Crippen LogP contribution in [0.15, 0.2) is 36.4 Å². The average molecular weight is 252 g/mol. The second-order valence-electron chi connectivity index (χ2n) is 4.99.